The van der Waals surface area contributed by atoms with Crippen LogP contribution in [0.25, 0.3) is 0 Å². The molecule has 0 aliphatic rings. The van der Waals surface area contributed by atoms with E-state index in [0.717, 1.165) is 11.8 Å². The number of aryl methyl sites for hydroxylation is 1. The molecule has 0 aliphatic heterocycles. The van der Waals surface area contributed by atoms with Gasteiger partial charge in [0.25, 0.3) is 5.22 Å². The Kier molecular flexibility index (Phi) is 4.87. The van der Waals surface area contributed by atoms with E-state index in [0.29, 0.717) is 5.89 Å². The molecule has 0 saturated carbocycles. The Bertz CT molecular complexity index is 639. The first kappa shape index (κ1) is 15.0. The van der Waals surface area contributed by atoms with Gasteiger partial charge in [-0.25, -0.2) is 4.79 Å². The second-order valence-corrected chi connectivity index (χ2v) is 4.48. The molecule has 2 heterocycles. The summed E-state index contributed by atoms with van der Waals surface area (Å²) in [7, 11) is 0. The average Bonchev–Trinajstić information content (AvgIpc) is 3.06. The standard InChI is InChI=1S/C10H11N5O5S/c1-3-18-8(17)7-13-15-10(20-7)21-4-6(16)11-9-14-12-5(2)19-9/h3-4H2,1-2H3,(H,11,14,16). The van der Waals surface area contributed by atoms with Gasteiger partial charge in [0, 0.05) is 6.92 Å². The number of anilines is 1. The fourth-order valence-electron chi connectivity index (χ4n) is 1.17. The van der Waals surface area contributed by atoms with Crippen molar-refractivity contribution in [2.75, 3.05) is 17.7 Å². The molecular weight excluding hydrogens is 302 g/mol. The average molecular weight is 313 g/mol. The van der Waals surface area contributed by atoms with Crippen LogP contribution in [0, 0.1) is 6.92 Å². The number of hydrogen-bond donors (Lipinski definition) is 1. The zero-order chi connectivity index (χ0) is 15.2. The highest BCUT2D eigenvalue weighted by Gasteiger charge is 2.17. The van der Waals surface area contributed by atoms with Crippen LogP contribution < -0.4 is 5.32 Å². The smallest absolute Gasteiger partial charge is 0.396 e. The van der Waals surface area contributed by atoms with Gasteiger partial charge in [0.1, 0.15) is 0 Å². The minimum absolute atomic E-state index is 0.0100. The molecule has 2 aromatic rings. The number of rotatable bonds is 6. The van der Waals surface area contributed by atoms with Crippen LogP contribution in [0.15, 0.2) is 14.1 Å². The van der Waals surface area contributed by atoms with E-state index < -0.39 is 5.97 Å². The molecule has 21 heavy (non-hydrogen) atoms. The third kappa shape index (κ3) is 4.27. The SMILES string of the molecule is CCOC(=O)c1nnc(SCC(=O)Nc2nnc(C)o2)o1. The van der Waals surface area contributed by atoms with Crippen LogP contribution >= 0.6 is 11.8 Å². The summed E-state index contributed by atoms with van der Waals surface area (Å²) < 4.78 is 14.7. The molecule has 0 aromatic carbocycles. The number of thioether (sulfide) groups is 1. The van der Waals surface area contributed by atoms with E-state index in [1.165, 1.54) is 0 Å². The first-order valence-electron chi connectivity index (χ1n) is 5.82. The van der Waals surface area contributed by atoms with Crippen molar-refractivity contribution < 1.29 is 23.2 Å². The van der Waals surface area contributed by atoms with Gasteiger partial charge in [-0.1, -0.05) is 22.0 Å². The number of ether oxygens (including phenoxy) is 1. The van der Waals surface area contributed by atoms with Gasteiger partial charge in [-0.05, 0) is 6.92 Å². The van der Waals surface area contributed by atoms with Crippen LogP contribution in [0.5, 0.6) is 0 Å². The first-order valence-corrected chi connectivity index (χ1v) is 6.80. The monoisotopic (exact) mass is 313 g/mol. The molecule has 0 saturated heterocycles. The van der Waals surface area contributed by atoms with Gasteiger partial charge in [-0.15, -0.1) is 10.2 Å². The van der Waals surface area contributed by atoms with Crippen LogP contribution in [0.2, 0.25) is 0 Å². The molecule has 0 aliphatic carbocycles. The maximum atomic E-state index is 11.6. The van der Waals surface area contributed by atoms with Crippen molar-refractivity contribution >= 4 is 29.7 Å². The Morgan fingerprint density at radius 1 is 1.24 bits per heavy atom. The van der Waals surface area contributed by atoms with Gasteiger partial charge in [0.05, 0.1) is 12.4 Å². The predicted octanol–water partition coefficient (Wildman–Crippen LogP) is 0.669. The molecule has 1 amide bonds. The Morgan fingerprint density at radius 3 is 2.71 bits per heavy atom. The normalized spacial score (nSPS) is 10.4. The number of esters is 1. The number of hydrogen-bond acceptors (Lipinski definition) is 10. The Balaban J connectivity index is 1.82. The third-order valence-electron chi connectivity index (χ3n) is 1.96. The zero-order valence-electron chi connectivity index (χ0n) is 11.2. The minimum Gasteiger partial charge on any atom is -0.459 e. The highest BCUT2D eigenvalue weighted by Crippen LogP contribution is 2.16. The lowest BCUT2D eigenvalue weighted by atomic mass is 10.7. The van der Waals surface area contributed by atoms with E-state index in [-0.39, 0.29) is 35.4 Å². The molecule has 10 nitrogen and oxygen atoms in total. The van der Waals surface area contributed by atoms with Crippen molar-refractivity contribution in [3.8, 4) is 0 Å². The maximum Gasteiger partial charge on any atom is 0.396 e. The van der Waals surface area contributed by atoms with Crippen molar-refractivity contribution in [3.63, 3.8) is 0 Å². The highest BCUT2D eigenvalue weighted by molar-refractivity contribution is 7.99. The summed E-state index contributed by atoms with van der Waals surface area (Å²) in [5.41, 5.74) is 0. The number of nitrogens with one attached hydrogen (secondary N) is 1. The van der Waals surface area contributed by atoms with Gasteiger partial charge in [-0.3, -0.25) is 10.1 Å². The summed E-state index contributed by atoms with van der Waals surface area (Å²) in [6.45, 7) is 3.47. The summed E-state index contributed by atoms with van der Waals surface area (Å²) in [5.74, 6) is -1.03. The van der Waals surface area contributed by atoms with Crippen LogP contribution in [0.1, 0.15) is 23.5 Å². The molecule has 2 rings (SSSR count). The van der Waals surface area contributed by atoms with Crippen LogP contribution in [0.4, 0.5) is 6.01 Å². The predicted molar refractivity (Wildman–Crippen MR) is 68.6 cm³/mol. The lowest BCUT2D eigenvalue weighted by Crippen LogP contribution is -2.14. The number of carbonyl (C=O) groups is 2. The lowest BCUT2D eigenvalue weighted by Gasteiger charge is -1.97. The number of nitrogens with zero attached hydrogens (tertiary/aromatic N) is 4. The largest absolute Gasteiger partial charge is 0.459 e. The maximum absolute atomic E-state index is 11.6. The van der Waals surface area contributed by atoms with Crippen molar-refractivity contribution in [2.45, 2.75) is 19.1 Å². The molecule has 0 fully saturated rings. The summed E-state index contributed by atoms with van der Waals surface area (Å²) in [6.07, 6.45) is 0. The summed E-state index contributed by atoms with van der Waals surface area (Å²) in [5, 5.41) is 16.8. The zero-order valence-corrected chi connectivity index (χ0v) is 12.0. The van der Waals surface area contributed by atoms with Crippen molar-refractivity contribution in [2.24, 2.45) is 0 Å². The van der Waals surface area contributed by atoms with Gasteiger partial charge >= 0.3 is 17.9 Å². The Labute approximate surface area is 122 Å². The fourth-order valence-corrected chi connectivity index (χ4v) is 1.74. The Hall–Kier alpha value is -2.43. The van der Waals surface area contributed by atoms with E-state index in [2.05, 4.69) is 25.7 Å². The summed E-state index contributed by atoms with van der Waals surface area (Å²) in [6, 6.07) is 0.0100. The molecule has 0 spiro atoms. The van der Waals surface area contributed by atoms with Crippen LogP contribution in [-0.4, -0.2) is 44.6 Å². The fraction of sp³-hybridized carbons (Fsp3) is 0.400. The molecule has 11 heteroatoms. The third-order valence-corrected chi connectivity index (χ3v) is 2.77. The van der Waals surface area contributed by atoms with Gasteiger partial charge in [0.2, 0.25) is 11.8 Å². The van der Waals surface area contributed by atoms with Gasteiger partial charge in [0.15, 0.2) is 0 Å². The second-order valence-electron chi connectivity index (χ2n) is 3.56. The molecule has 0 bridgehead atoms. The van der Waals surface area contributed by atoms with E-state index >= 15 is 0 Å². The topological polar surface area (TPSA) is 133 Å². The first-order chi connectivity index (χ1) is 10.1. The molecule has 2 aromatic heterocycles. The highest BCUT2D eigenvalue weighted by atomic mass is 32.2. The van der Waals surface area contributed by atoms with E-state index in [1.54, 1.807) is 13.8 Å². The van der Waals surface area contributed by atoms with Crippen LogP contribution in [0.3, 0.4) is 0 Å². The Morgan fingerprint density at radius 2 is 2.05 bits per heavy atom. The lowest BCUT2D eigenvalue weighted by molar-refractivity contribution is -0.113. The van der Waals surface area contributed by atoms with Crippen LogP contribution in [-0.2, 0) is 9.53 Å². The van der Waals surface area contributed by atoms with Gasteiger partial charge < -0.3 is 13.6 Å². The molecule has 112 valence electrons. The summed E-state index contributed by atoms with van der Waals surface area (Å²) >= 11 is 0.961. The summed E-state index contributed by atoms with van der Waals surface area (Å²) in [4.78, 5) is 22.9. The molecule has 0 atom stereocenters. The molecular formula is C10H11N5O5S. The number of carbonyl (C=O) groups excluding carboxylic acids is 2. The molecule has 0 radical (unpaired) electrons. The van der Waals surface area contributed by atoms with E-state index in [1.807, 2.05) is 0 Å². The van der Waals surface area contributed by atoms with E-state index in [9.17, 15) is 9.59 Å². The number of aromatic nitrogens is 4. The van der Waals surface area contributed by atoms with Crippen molar-refractivity contribution in [1.82, 2.24) is 20.4 Å². The minimum atomic E-state index is -0.706. The van der Waals surface area contributed by atoms with Crippen molar-refractivity contribution in [1.29, 1.82) is 0 Å². The van der Waals surface area contributed by atoms with E-state index in [4.69, 9.17) is 13.6 Å². The molecule has 1 N–H and O–H groups in total. The molecule has 0 unspecified atom stereocenters. The number of amides is 1. The van der Waals surface area contributed by atoms with Crippen molar-refractivity contribution in [3.05, 3.63) is 11.8 Å². The second kappa shape index (κ2) is 6.83. The van der Waals surface area contributed by atoms with Gasteiger partial charge in [-0.2, -0.15) is 0 Å². The quantitative estimate of drug-likeness (QED) is 0.599.